The molecule has 3 nitrogen and oxygen atoms in total. The monoisotopic (exact) mass is 289 g/mol. The summed E-state index contributed by atoms with van der Waals surface area (Å²) in [6.45, 7) is 0. The largest absolute Gasteiger partial charge is 0.296 e. The lowest BCUT2D eigenvalue weighted by Crippen LogP contribution is -2.22. The van der Waals surface area contributed by atoms with Gasteiger partial charge in [-0.15, -0.1) is 0 Å². The fourth-order valence-electron chi connectivity index (χ4n) is 2.60. The van der Waals surface area contributed by atoms with E-state index >= 15 is 0 Å². The van der Waals surface area contributed by atoms with Crippen LogP contribution in [-0.2, 0) is 0 Å². The van der Waals surface area contributed by atoms with Crippen molar-refractivity contribution in [3.8, 4) is 0 Å². The Morgan fingerprint density at radius 2 is 1.36 bits per heavy atom. The van der Waals surface area contributed by atoms with Crippen LogP contribution in [0.1, 0.15) is 32.3 Å². The summed E-state index contributed by atoms with van der Waals surface area (Å²) in [5.74, 6) is -0.571. The highest BCUT2D eigenvalue weighted by atomic mass is 16.2. The highest BCUT2D eigenvalue weighted by molar-refractivity contribution is 5.93. The first-order valence-electron chi connectivity index (χ1n) is 7.08. The smallest absolute Gasteiger partial charge is 0.243 e. The molecule has 108 valence electrons. The summed E-state index contributed by atoms with van der Waals surface area (Å²) in [5, 5.41) is 0. The van der Waals surface area contributed by atoms with Gasteiger partial charge in [-0.05, 0) is 23.3 Å². The van der Waals surface area contributed by atoms with Gasteiger partial charge in [0.25, 0.3) is 0 Å². The third kappa shape index (κ3) is 2.61. The van der Waals surface area contributed by atoms with Crippen molar-refractivity contribution in [3.63, 3.8) is 0 Å². The highest BCUT2D eigenvalue weighted by Gasteiger charge is 2.24. The average Bonchev–Trinajstić information content (AvgIpc) is 3.06. The summed E-state index contributed by atoms with van der Waals surface area (Å²) in [6.07, 6.45) is 2.33. The molecule has 3 heteroatoms. The molecule has 0 bridgehead atoms. The number of aromatic nitrogens is 1. The maximum absolute atomic E-state index is 13.0. The predicted octanol–water partition coefficient (Wildman–Crippen LogP) is 3.77. The van der Waals surface area contributed by atoms with Crippen molar-refractivity contribution >= 4 is 12.2 Å². The van der Waals surface area contributed by atoms with Gasteiger partial charge in [-0.3, -0.25) is 14.2 Å². The number of carbonyl (C=O) groups is 2. The van der Waals surface area contributed by atoms with Crippen LogP contribution in [0, 0.1) is 0 Å². The number of rotatable bonds is 4. The van der Waals surface area contributed by atoms with Crippen LogP contribution in [-0.4, -0.2) is 16.8 Å². The molecule has 3 rings (SSSR count). The van der Waals surface area contributed by atoms with Crippen LogP contribution in [0.2, 0.25) is 0 Å². The minimum Gasteiger partial charge on any atom is -0.296 e. The standard InChI is InChI=1S/C19H15NO2/c21-14-17-12-7-13-20(17)19(22)18(15-8-3-1-4-9-15)16-10-5-2-6-11-16/h1-14,18H. The van der Waals surface area contributed by atoms with Crippen LogP contribution in [0.25, 0.3) is 0 Å². The van der Waals surface area contributed by atoms with Gasteiger partial charge >= 0.3 is 0 Å². The van der Waals surface area contributed by atoms with Crippen LogP contribution in [0.5, 0.6) is 0 Å². The van der Waals surface area contributed by atoms with E-state index in [1.54, 1.807) is 18.3 Å². The molecule has 0 spiro atoms. The fourth-order valence-corrected chi connectivity index (χ4v) is 2.60. The zero-order chi connectivity index (χ0) is 15.4. The van der Waals surface area contributed by atoms with Gasteiger partial charge in [-0.25, -0.2) is 0 Å². The maximum atomic E-state index is 13.0. The number of aldehydes is 1. The quantitative estimate of drug-likeness (QED) is 0.686. The summed E-state index contributed by atoms with van der Waals surface area (Å²) >= 11 is 0. The summed E-state index contributed by atoms with van der Waals surface area (Å²) in [5.41, 5.74) is 2.18. The zero-order valence-electron chi connectivity index (χ0n) is 11.9. The molecule has 1 heterocycles. The Labute approximate surface area is 128 Å². The molecule has 0 aliphatic rings. The van der Waals surface area contributed by atoms with E-state index in [-0.39, 0.29) is 5.91 Å². The van der Waals surface area contributed by atoms with E-state index in [9.17, 15) is 9.59 Å². The summed E-state index contributed by atoms with van der Waals surface area (Å²) in [6, 6.07) is 22.5. The third-order valence-electron chi connectivity index (χ3n) is 3.65. The Bertz CT molecular complexity index is 736. The Morgan fingerprint density at radius 1 is 0.818 bits per heavy atom. The molecule has 22 heavy (non-hydrogen) atoms. The molecule has 0 N–H and O–H groups in total. The van der Waals surface area contributed by atoms with Crippen LogP contribution in [0.3, 0.4) is 0 Å². The number of benzene rings is 2. The van der Waals surface area contributed by atoms with Crippen molar-refractivity contribution in [2.24, 2.45) is 0 Å². The molecule has 0 amide bonds. The molecule has 0 saturated carbocycles. The van der Waals surface area contributed by atoms with Gasteiger partial charge in [0.15, 0.2) is 6.29 Å². The fraction of sp³-hybridized carbons (Fsp3) is 0.0526. The average molecular weight is 289 g/mol. The second kappa shape index (κ2) is 6.22. The van der Waals surface area contributed by atoms with Crippen molar-refractivity contribution in [1.29, 1.82) is 0 Å². The van der Waals surface area contributed by atoms with Crippen molar-refractivity contribution < 1.29 is 9.59 Å². The molecule has 0 unspecified atom stereocenters. The first kappa shape index (κ1) is 14.0. The molecule has 0 saturated heterocycles. The minimum absolute atomic E-state index is 0.135. The van der Waals surface area contributed by atoms with Gasteiger partial charge in [0, 0.05) is 6.20 Å². The lowest BCUT2D eigenvalue weighted by atomic mass is 9.90. The summed E-state index contributed by atoms with van der Waals surface area (Å²) < 4.78 is 1.41. The van der Waals surface area contributed by atoms with E-state index < -0.39 is 5.92 Å². The second-order valence-electron chi connectivity index (χ2n) is 5.01. The van der Waals surface area contributed by atoms with Gasteiger partial charge in [0.2, 0.25) is 5.91 Å². The first-order chi connectivity index (χ1) is 10.8. The molecule has 0 fully saturated rings. The second-order valence-corrected chi connectivity index (χ2v) is 5.01. The normalized spacial score (nSPS) is 10.6. The van der Waals surface area contributed by atoms with Crippen molar-refractivity contribution in [3.05, 3.63) is 95.8 Å². The molecule has 2 aromatic carbocycles. The number of hydrogen-bond acceptors (Lipinski definition) is 2. The lowest BCUT2D eigenvalue weighted by Gasteiger charge is -2.18. The SMILES string of the molecule is O=Cc1cccn1C(=O)C(c1ccccc1)c1ccccc1. The Hall–Kier alpha value is -2.94. The van der Waals surface area contributed by atoms with Crippen LogP contribution in [0.15, 0.2) is 79.0 Å². The van der Waals surface area contributed by atoms with Gasteiger partial charge < -0.3 is 0 Å². The van der Waals surface area contributed by atoms with E-state index in [2.05, 4.69) is 0 Å². The van der Waals surface area contributed by atoms with Crippen LogP contribution >= 0.6 is 0 Å². The van der Waals surface area contributed by atoms with Gasteiger partial charge in [-0.2, -0.15) is 0 Å². The van der Waals surface area contributed by atoms with Gasteiger partial charge in [0.05, 0.1) is 11.6 Å². The Kier molecular flexibility index (Phi) is 3.97. The third-order valence-corrected chi connectivity index (χ3v) is 3.65. The number of nitrogens with zero attached hydrogens (tertiary/aromatic N) is 1. The molecule has 3 aromatic rings. The Morgan fingerprint density at radius 3 is 1.86 bits per heavy atom. The predicted molar refractivity (Wildman–Crippen MR) is 85.2 cm³/mol. The summed E-state index contributed by atoms with van der Waals surface area (Å²) in [7, 11) is 0. The van der Waals surface area contributed by atoms with Crippen molar-refractivity contribution in [2.75, 3.05) is 0 Å². The molecule has 0 aliphatic heterocycles. The molecule has 1 aromatic heterocycles. The lowest BCUT2D eigenvalue weighted by molar-refractivity contribution is 0.0883. The number of carbonyl (C=O) groups excluding carboxylic acids is 2. The molecule has 0 atom stereocenters. The van der Waals surface area contributed by atoms with E-state index in [0.29, 0.717) is 12.0 Å². The van der Waals surface area contributed by atoms with Gasteiger partial charge in [-0.1, -0.05) is 60.7 Å². The Balaban J connectivity index is 2.10. The highest BCUT2D eigenvalue weighted by Crippen LogP contribution is 2.26. The van der Waals surface area contributed by atoms with Crippen molar-refractivity contribution in [1.82, 2.24) is 4.57 Å². The van der Waals surface area contributed by atoms with E-state index in [4.69, 9.17) is 0 Å². The van der Waals surface area contributed by atoms with E-state index in [0.717, 1.165) is 11.1 Å². The molecule has 0 radical (unpaired) electrons. The molecular formula is C19H15NO2. The zero-order valence-corrected chi connectivity index (χ0v) is 11.9. The van der Waals surface area contributed by atoms with E-state index in [1.807, 2.05) is 60.7 Å². The minimum atomic E-state index is -0.437. The summed E-state index contributed by atoms with van der Waals surface area (Å²) in [4.78, 5) is 24.1. The van der Waals surface area contributed by atoms with Crippen LogP contribution in [0.4, 0.5) is 0 Å². The topological polar surface area (TPSA) is 39.1 Å². The maximum Gasteiger partial charge on any atom is 0.243 e. The van der Waals surface area contributed by atoms with E-state index in [1.165, 1.54) is 4.57 Å². The van der Waals surface area contributed by atoms with Gasteiger partial charge in [0.1, 0.15) is 0 Å². The number of hydrogen-bond donors (Lipinski definition) is 0. The first-order valence-corrected chi connectivity index (χ1v) is 7.08. The molecule has 0 aliphatic carbocycles. The van der Waals surface area contributed by atoms with Crippen molar-refractivity contribution in [2.45, 2.75) is 5.92 Å². The molecular weight excluding hydrogens is 274 g/mol. The van der Waals surface area contributed by atoms with Crippen LogP contribution < -0.4 is 0 Å².